The number of morpholine rings is 1. The highest BCUT2D eigenvalue weighted by molar-refractivity contribution is 5.95. The minimum atomic E-state index is -0.414. The van der Waals surface area contributed by atoms with E-state index in [0.717, 1.165) is 74.5 Å². The third-order valence-corrected chi connectivity index (χ3v) is 8.15. The van der Waals surface area contributed by atoms with Gasteiger partial charge in [-0.25, -0.2) is 0 Å². The normalized spacial score (nSPS) is 24.8. The lowest BCUT2D eigenvalue weighted by Crippen LogP contribution is -2.54. The molecule has 2 aromatic carbocycles. The lowest BCUT2D eigenvalue weighted by atomic mass is 9.96. The van der Waals surface area contributed by atoms with E-state index in [2.05, 4.69) is 75.0 Å². The van der Waals surface area contributed by atoms with Gasteiger partial charge in [-0.2, -0.15) is 5.26 Å². The van der Waals surface area contributed by atoms with Gasteiger partial charge in [0.05, 0.1) is 29.4 Å². The molecule has 3 atom stereocenters. The number of ether oxygens (including phenoxy) is 1. The summed E-state index contributed by atoms with van der Waals surface area (Å²) in [5.74, 6) is 0. The van der Waals surface area contributed by atoms with E-state index in [-0.39, 0.29) is 12.2 Å². The molecule has 2 fully saturated rings. The van der Waals surface area contributed by atoms with Crippen molar-refractivity contribution in [3.05, 3.63) is 65.4 Å². The molecule has 3 aromatic rings. The van der Waals surface area contributed by atoms with Crippen LogP contribution in [0, 0.1) is 11.3 Å². The van der Waals surface area contributed by atoms with Crippen LogP contribution in [0.1, 0.15) is 29.7 Å². The first-order valence-electron chi connectivity index (χ1n) is 13.6. The van der Waals surface area contributed by atoms with Crippen molar-refractivity contribution in [2.24, 2.45) is 0 Å². The molecule has 0 radical (unpaired) electrons. The Morgan fingerprint density at radius 3 is 2.71 bits per heavy atom. The lowest BCUT2D eigenvalue weighted by Gasteiger charge is -2.42. The number of benzene rings is 2. The number of aromatic nitrogens is 1. The third kappa shape index (κ3) is 4.95. The van der Waals surface area contributed by atoms with E-state index >= 15 is 0 Å². The van der Waals surface area contributed by atoms with Gasteiger partial charge >= 0.3 is 0 Å². The molecular weight excluding hydrogens is 476 g/mol. The van der Waals surface area contributed by atoms with E-state index < -0.39 is 6.10 Å². The molecule has 0 bridgehead atoms. The maximum absolute atomic E-state index is 10.6. The second-order valence-corrected chi connectivity index (χ2v) is 11.0. The van der Waals surface area contributed by atoms with Crippen LogP contribution in [0.25, 0.3) is 10.9 Å². The molecule has 38 heavy (non-hydrogen) atoms. The molecule has 2 saturated heterocycles. The van der Waals surface area contributed by atoms with Crippen LogP contribution in [-0.4, -0.2) is 91.5 Å². The van der Waals surface area contributed by atoms with Gasteiger partial charge in [-0.05, 0) is 61.5 Å². The summed E-state index contributed by atoms with van der Waals surface area (Å²) in [6, 6.07) is 16.8. The van der Waals surface area contributed by atoms with Crippen molar-refractivity contribution in [3.63, 3.8) is 0 Å². The quantitative estimate of drug-likeness (QED) is 0.572. The van der Waals surface area contributed by atoms with Gasteiger partial charge in [0.1, 0.15) is 6.07 Å². The highest BCUT2D eigenvalue weighted by Crippen LogP contribution is 2.32. The molecule has 3 aliphatic rings. The summed E-state index contributed by atoms with van der Waals surface area (Å²) in [5, 5.41) is 21.1. The number of β-amino-alcohol motifs (C(OH)–C–C–N with tert-alkyl or cyclic N) is 1. The van der Waals surface area contributed by atoms with Gasteiger partial charge < -0.3 is 19.6 Å². The molecule has 0 spiro atoms. The van der Waals surface area contributed by atoms with Crippen LogP contribution < -0.4 is 9.80 Å². The van der Waals surface area contributed by atoms with Crippen molar-refractivity contribution >= 4 is 22.3 Å². The average molecular weight is 513 g/mol. The zero-order valence-electron chi connectivity index (χ0n) is 22.3. The first-order valence-corrected chi connectivity index (χ1v) is 13.6. The number of anilines is 2. The molecule has 3 aliphatic heterocycles. The Kier molecular flexibility index (Phi) is 6.93. The molecule has 8 nitrogen and oxygen atoms in total. The Morgan fingerprint density at radius 1 is 1.05 bits per heavy atom. The lowest BCUT2D eigenvalue weighted by molar-refractivity contribution is -0.0327. The van der Waals surface area contributed by atoms with Gasteiger partial charge in [0.15, 0.2) is 0 Å². The van der Waals surface area contributed by atoms with Crippen LogP contribution in [0.15, 0.2) is 48.7 Å². The number of fused-ring (bicyclic) bond motifs is 2. The number of piperazine rings is 1. The van der Waals surface area contributed by atoms with E-state index in [1.54, 1.807) is 6.20 Å². The number of nitriles is 1. The summed E-state index contributed by atoms with van der Waals surface area (Å²) < 4.78 is 6.40. The molecule has 1 unspecified atom stereocenters. The smallest absolute Gasteiger partial charge is 0.101 e. The SMILES string of the molecule is C[C@@H]1CN(c2ccc(C#N)c3ncccc23)C[C@H](CN2CCN(c3ccc4c(c3)C(O)CN(C)C4)CC2)O1. The molecule has 0 amide bonds. The predicted molar refractivity (Wildman–Crippen MR) is 149 cm³/mol. The molecule has 198 valence electrons. The minimum Gasteiger partial charge on any atom is -0.387 e. The van der Waals surface area contributed by atoms with Crippen LogP contribution in [0.2, 0.25) is 0 Å². The Bertz CT molecular complexity index is 1350. The van der Waals surface area contributed by atoms with E-state index in [9.17, 15) is 10.4 Å². The number of aliphatic hydroxyl groups excluding tert-OH is 1. The summed E-state index contributed by atoms with van der Waals surface area (Å²) in [4.78, 5) is 14.0. The number of hydrogen-bond acceptors (Lipinski definition) is 8. The van der Waals surface area contributed by atoms with Crippen molar-refractivity contribution in [1.82, 2.24) is 14.8 Å². The molecule has 4 heterocycles. The van der Waals surface area contributed by atoms with Crippen LogP contribution in [0.5, 0.6) is 0 Å². The fraction of sp³-hybridized carbons (Fsp3) is 0.467. The first kappa shape index (κ1) is 25.1. The van der Waals surface area contributed by atoms with Gasteiger partial charge in [0.2, 0.25) is 0 Å². The summed E-state index contributed by atoms with van der Waals surface area (Å²) in [5.41, 5.74) is 6.02. The van der Waals surface area contributed by atoms with Gasteiger partial charge in [0, 0.05) is 81.9 Å². The Hall–Kier alpha value is -3.22. The summed E-state index contributed by atoms with van der Waals surface area (Å²) in [6.07, 6.45) is 1.58. The third-order valence-electron chi connectivity index (χ3n) is 8.15. The second kappa shape index (κ2) is 10.5. The molecule has 0 saturated carbocycles. The number of rotatable bonds is 4. The van der Waals surface area contributed by atoms with E-state index in [1.807, 2.05) is 12.1 Å². The standard InChI is InChI=1S/C30H36N6O2/c1-21-16-36(28-8-6-22(15-31)30-26(28)4-3-9-32-30)19-25(38-21)18-34-10-12-35(13-11-34)24-7-5-23-17-33(2)20-29(37)27(23)14-24/h3-9,14,21,25,29,37H,10-13,16-20H2,1-2H3/t21-,25+,29?/m1/s1. The van der Waals surface area contributed by atoms with Crippen LogP contribution in [0.3, 0.4) is 0 Å². The van der Waals surface area contributed by atoms with Gasteiger partial charge in [0.25, 0.3) is 0 Å². The molecular formula is C30H36N6O2. The molecule has 8 heteroatoms. The zero-order chi connectivity index (χ0) is 26.2. The zero-order valence-corrected chi connectivity index (χ0v) is 22.3. The maximum Gasteiger partial charge on any atom is 0.101 e. The molecule has 6 rings (SSSR count). The van der Waals surface area contributed by atoms with Crippen molar-refractivity contribution in [2.75, 3.05) is 69.2 Å². The topological polar surface area (TPSA) is 79.1 Å². The summed E-state index contributed by atoms with van der Waals surface area (Å²) in [6.45, 7) is 10.2. The van der Waals surface area contributed by atoms with Gasteiger partial charge in [-0.3, -0.25) is 14.8 Å². The van der Waals surface area contributed by atoms with Gasteiger partial charge in [-0.15, -0.1) is 0 Å². The number of nitrogens with zero attached hydrogens (tertiary/aromatic N) is 6. The second-order valence-electron chi connectivity index (χ2n) is 11.0. The number of aliphatic hydroxyl groups is 1. The van der Waals surface area contributed by atoms with Crippen LogP contribution in [0.4, 0.5) is 11.4 Å². The number of hydrogen-bond donors (Lipinski definition) is 1. The largest absolute Gasteiger partial charge is 0.387 e. The van der Waals surface area contributed by atoms with Crippen molar-refractivity contribution in [2.45, 2.75) is 31.8 Å². The van der Waals surface area contributed by atoms with Crippen LogP contribution in [-0.2, 0) is 11.3 Å². The minimum absolute atomic E-state index is 0.114. The fourth-order valence-electron chi connectivity index (χ4n) is 6.33. The van der Waals surface area contributed by atoms with E-state index in [0.29, 0.717) is 12.1 Å². The van der Waals surface area contributed by atoms with Crippen molar-refractivity contribution in [3.8, 4) is 6.07 Å². The maximum atomic E-state index is 10.6. The molecule has 1 N–H and O–H groups in total. The Labute approximate surface area is 224 Å². The number of pyridine rings is 1. The Morgan fingerprint density at radius 2 is 1.89 bits per heavy atom. The van der Waals surface area contributed by atoms with Gasteiger partial charge in [-0.1, -0.05) is 6.07 Å². The van der Waals surface area contributed by atoms with Crippen molar-refractivity contribution in [1.29, 1.82) is 5.26 Å². The van der Waals surface area contributed by atoms with E-state index in [1.165, 1.54) is 11.3 Å². The highest BCUT2D eigenvalue weighted by atomic mass is 16.5. The predicted octanol–water partition coefficient (Wildman–Crippen LogP) is 3.00. The Balaban J connectivity index is 1.10. The fourth-order valence-corrected chi connectivity index (χ4v) is 6.33. The van der Waals surface area contributed by atoms with Crippen molar-refractivity contribution < 1.29 is 9.84 Å². The summed E-state index contributed by atoms with van der Waals surface area (Å²) in [7, 11) is 2.05. The number of likely N-dealkylation sites (N-methyl/N-ethyl adjacent to an activating group) is 1. The average Bonchev–Trinajstić information content (AvgIpc) is 2.92. The van der Waals surface area contributed by atoms with E-state index in [4.69, 9.17) is 4.74 Å². The molecule has 1 aromatic heterocycles. The highest BCUT2D eigenvalue weighted by Gasteiger charge is 2.30. The van der Waals surface area contributed by atoms with Crippen LogP contribution >= 0.6 is 0 Å². The first-order chi connectivity index (χ1) is 18.5. The summed E-state index contributed by atoms with van der Waals surface area (Å²) >= 11 is 0. The monoisotopic (exact) mass is 512 g/mol. The molecule has 0 aliphatic carbocycles.